The lowest BCUT2D eigenvalue weighted by Gasteiger charge is -2.08. The molecule has 0 aliphatic rings. The molecule has 0 aromatic carbocycles. The number of hydrogen-bond acceptors (Lipinski definition) is 2. The SMILES string of the molecule is CC[C@H](C)n1cc(Br)c(COCCC(F)(F)F)n1. The van der Waals surface area contributed by atoms with E-state index >= 15 is 0 Å². The summed E-state index contributed by atoms with van der Waals surface area (Å²) in [4.78, 5) is 0. The summed E-state index contributed by atoms with van der Waals surface area (Å²) < 4.78 is 43.2. The zero-order valence-electron chi connectivity index (χ0n) is 10.3. The van der Waals surface area contributed by atoms with Gasteiger partial charge in [-0.25, -0.2) is 0 Å². The molecule has 0 amide bonds. The molecule has 1 aromatic rings. The summed E-state index contributed by atoms with van der Waals surface area (Å²) in [5.74, 6) is 0. The maximum absolute atomic E-state index is 11.9. The Morgan fingerprint density at radius 2 is 2.17 bits per heavy atom. The molecule has 0 saturated carbocycles. The van der Waals surface area contributed by atoms with Gasteiger partial charge in [0.1, 0.15) is 5.69 Å². The number of halogens is 4. The Morgan fingerprint density at radius 1 is 1.50 bits per heavy atom. The molecule has 1 atom stereocenters. The number of aromatic nitrogens is 2. The Kier molecular flexibility index (Phi) is 5.65. The van der Waals surface area contributed by atoms with E-state index in [4.69, 9.17) is 4.74 Å². The lowest BCUT2D eigenvalue weighted by molar-refractivity contribution is -0.146. The van der Waals surface area contributed by atoms with Crippen molar-refractivity contribution in [2.45, 2.75) is 45.5 Å². The van der Waals surface area contributed by atoms with Crippen LogP contribution in [0.1, 0.15) is 38.4 Å². The number of alkyl halides is 3. The van der Waals surface area contributed by atoms with Crippen molar-refractivity contribution in [3.8, 4) is 0 Å². The van der Waals surface area contributed by atoms with Gasteiger partial charge in [0.2, 0.25) is 0 Å². The van der Waals surface area contributed by atoms with Crippen LogP contribution in [0.25, 0.3) is 0 Å². The van der Waals surface area contributed by atoms with Crippen LogP contribution in [-0.2, 0) is 11.3 Å². The first-order valence-corrected chi connectivity index (χ1v) is 6.50. The molecule has 0 fully saturated rings. The molecule has 18 heavy (non-hydrogen) atoms. The molecular weight excluding hydrogens is 313 g/mol. The van der Waals surface area contributed by atoms with Crippen molar-refractivity contribution in [1.82, 2.24) is 9.78 Å². The summed E-state index contributed by atoms with van der Waals surface area (Å²) in [5, 5.41) is 4.28. The van der Waals surface area contributed by atoms with E-state index < -0.39 is 12.6 Å². The van der Waals surface area contributed by atoms with Crippen molar-refractivity contribution in [3.63, 3.8) is 0 Å². The quantitative estimate of drug-likeness (QED) is 0.735. The fraction of sp³-hybridized carbons (Fsp3) is 0.727. The number of rotatable bonds is 6. The minimum atomic E-state index is -4.17. The summed E-state index contributed by atoms with van der Waals surface area (Å²) in [6, 6.07) is 0.255. The van der Waals surface area contributed by atoms with Gasteiger partial charge < -0.3 is 4.74 Å². The molecule has 0 N–H and O–H groups in total. The zero-order chi connectivity index (χ0) is 13.8. The van der Waals surface area contributed by atoms with E-state index in [0.717, 1.165) is 10.9 Å². The Balaban J connectivity index is 2.45. The summed E-state index contributed by atoms with van der Waals surface area (Å²) in [6.45, 7) is 3.81. The van der Waals surface area contributed by atoms with Crippen molar-refractivity contribution in [3.05, 3.63) is 16.4 Å². The van der Waals surface area contributed by atoms with E-state index in [1.165, 1.54) is 0 Å². The minimum absolute atomic E-state index is 0.0834. The minimum Gasteiger partial charge on any atom is -0.375 e. The highest BCUT2D eigenvalue weighted by molar-refractivity contribution is 9.10. The first-order chi connectivity index (χ1) is 8.33. The molecule has 3 nitrogen and oxygen atoms in total. The van der Waals surface area contributed by atoms with E-state index in [1.807, 2.05) is 20.0 Å². The average Bonchev–Trinajstić information content (AvgIpc) is 2.64. The van der Waals surface area contributed by atoms with Crippen LogP contribution in [0.15, 0.2) is 10.7 Å². The number of hydrogen-bond donors (Lipinski definition) is 0. The Bertz CT molecular complexity index is 379. The van der Waals surface area contributed by atoms with Gasteiger partial charge in [0.15, 0.2) is 0 Å². The van der Waals surface area contributed by atoms with Gasteiger partial charge in [-0.2, -0.15) is 18.3 Å². The van der Waals surface area contributed by atoms with Gasteiger partial charge in [-0.3, -0.25) is 4.68 Å². The molecule has 7 heteroatoms. The molecule has 104 valence electrons. The van der Waals surface area contributed by atoms with Gasteiger partial charge in [-0.1, -0.05) is 6.92 Å². The highest BCUT2D eigenvalue weighted by atomic mass is 79.9. The Hall–Kier alpha value is -0.560. The van der Waals surface area contributed by atoms with Crippen molar-refractivity contribution in [2.24, 2.45) is 0 Å². The maximum Gasteiger partial charge on any atom is 0.391 e. The summed E-state index contributed by atoms with van der Waals surface area (Å²) in [6.07, 6.45) is -2.36. The fourth-order valence-corrected chi connectivity index (χ4v) is 1.68. The smallest absolute Gasteiger partial charge is 0.375 e. The van der Waals surface area contributed by atoms with Crippen LogP contribution >= 0.6 is 15.9 Å². The molecule has 1 heterocycles. The van der Waals surface area contributed by atoms with E-state index in [1.54, 1.807) is 4.68 Å². The number of nitrogens with zero attached hydrogens (tertiary/aromatic N) is 2. The lowest BCUT2D eigenvalue weighted by Crippen LogP contribution is -2.12. The van der Waals surface area contributed by atoms with Crippen molar-refractivity contribution >= 4 is 15.9 Å². The monoisotopic (exact) mass is 328 g/mol. The molecular formula is C11H16BrF3N2O. The normalized spacial score (nSPS) is 13.9. The van der Waals surface area contributed by atoms with Crippen molar-refractivity contribution in [1.29, 1.82) is 0 Å². The number of ether oxygens (including phenoxy) is 1. The molecule has 0 spiro atoms. The summed E-state index contributed by atoms with van der Waals surface area (Å²) >= 11 is 3.32. The third-order valence-corrected chi connectivity index (χ3v) is 3.23. The first-order valence-electron chi connectivity index (χ1n) is 5.71. The van der Waals surface area contributed by atoms with Crippen LogP contribution in [0.4, 0.5) is 13.2 Å². The third kappa shape index (κ3) is 4.97. The maximum atomic E-state index is 11.9. The standard InChI is InChI=1S/C11H16BrF3N2O/c1-3-8(2)17-6-9(12)10(16-17)7-18-5-4-11(13,14)15/h6,8H,3-5,7H2,1-2H3/t8-/m0/s1. The molecule has 0 radical (unpaired) electrons. The third-order valence-electron chi connectivity index (χ3n) is 2.57. The second-order valence-electron chi connectivity index (χ2n) is 4.08. The molecule has 1 rings (SSSR count). The molecule has 0 bridgehead atoms. The highest BCUT2D eigenvalue weighted by Gasteiger charge is 2.26. The van der Waals surface area contributed by atoms with Crippen LogP contribution in [0.2, 0.25) is 0 Å². The molecule has 0 aliphatic heterocycles. The van der Waals surface area contributed by atoms with Crippen LogP contribution in [0, 0.1) is 0 Å². The van der Waals surface area contributed by atoms with Gasteiger partial charge in [0.05, 0.1) is 24.1 Å². The topological polar surface area (TPSA) is 27.1 Å². The van der Waals surface area contributed by atoms with Crippen LogP contribution in [0.5, 0.6) is 0 Å². The van der Waals surface area contributed by atoms with Crippen LogP contribution < -0.4 is 0 Å². The lowest BCUT2D eigenvalue weighted by atomic mass is 10.3. The molecule has 1 aromatic heterocycles. The summed E-state index contributed by atoms with van der Waals surface area (Å²) in [7, 11) is 0. The largest absolute Gasteiger partial charge is 0.391 e. The predicted octanol–water partition coefficient (Wildman–Crippen LogP) is 4.09. The molecule has 0 saturated heterocycles. The van der Waals surface area contributed by atoms with Gasteiger partial charge in [0.25, 0.3) is 0 Å². The highest BCUT2D eigenvalue weighted by Crippen LogP contribution is 2.21. The van der Waals surface area contributed by atoms with E-state index in [0.29, 0.717) is 5.69 Å². The fourth-order valence-electron chi connectivity index (χ4n) is 1.27. The van der Waals surface area contributed by atoms with Gasteiger partial charge in [-0.05, 0) is 29.3 Å². The van der Waals surface area contributed by atoms with Crippen molar-refractivity contribution < 1.29 is 17.9 Å². The van der Waals surface area contributed by atoms with E-state index in [2.05, 4.69) is 21.0 Å². The van der Waals surface area contributed by atoms with Gasteiger partial charge >= 0.3 is 6.18 Å². The van der Waals surface area contributed by atoms with E-state index in [9.17, 15) is 13.2 Å². The molecule has 0 unspecified atom stereocenters. The second-order valence-corrected chi connectivity index (χ2v) is 4.93. The summed E-state index contributed by atoms with van der Waals surface area (Å²) in [5.41, 5.74) is 0.623. The van der Waals surface area contributed by atoms with E-state index in [-0.39, 0.29) is 19.3 Å². The van der Waals surface area contributed by atoms with Crippen LogP contribution in [0.3, 0.4) is 0 Å². The van der Waals surface area contributed by atoms with Crippen molar-refractivity contribution in [2.75, 3.05) is 6.61 Å². The Labute approximate surface area is 112 Å². The van der Waals surface area contributed by atoms with Crippen LogP contribution in [-0.4, -0.2) is 22.6 Å². The van der Waals surface area contributed by atoms with Gasteiger partial charge in [-0.15, -0.1) is 0 Å². The average molecular weight is 329 g/mol. The zero-order valence-corrected chi connectivity index (χ0v) is 11.9. The van der Waals surface area contributed by atoms with Gasteiger partial charge in [0, 0.05) is 12.2 Å². The predicted molar refractivity (Wildman–Crippen MR) is 65.3 cm³/mol. The molecule has 0 aliphatic carbocycles. The second kappa shape index (κ2) is 6.56. The first kappa shape index (κ1) is 15.5. The Morgan fingerprint density at radius 3 is 2.72 bits per heavy atom.